The Morgan fingerprint density at radius 2 is 1.43 bits per heavy atom. The van der Waals surface area contributed by atoms with E-state index in [1.165, 1.54) is 18.0 Å². The zero-order valence-electron chi connectivity index (χ0n) is 13.7. The van der Waals surface area contributed by atoms with Gasteiger partial charge in [0.05, 0.1) is 24.8 Å². The molecule has 3 aromatic rings. The van der Waals surface area contributed by atoms with Gasteiger partial charge in [-0.15, -0.1) is 11.8 Å². The van der Waals surface area contributed by atoms with Crippen molar-refractivity contribution in [3.63, 3.8) is 0 Å². The van der Waals surface area contributed by atoms with E-state index in [-0.39, 0.29) is 10.2 Å². The average Bonchev–Trinajstić information content (AvgIpc) is 2.69. The van der Waals surface area contributed by atoms with Gasteiger partial charge in [0.2, 0.25) is 0 Å². The highest BCUT2D eigenvalue weighted by molar-refractivity contribution is 8.13. The van der Waals surface area contributed by atoms with Gasteiger partial charge >= 0.3 is 0 Å². The van der Waals surface area contributed by atoms with Crippen LogP contribution in [0.2, 0.25) is 10.3 Å². The molecule has 0 amide bonds. The Balaban J connectivity index is 0.000000268. The summed E-state index contributed by atoms with van der Waals surface area (Å²) < 4.78 is 21.2. The van der Waals surface area contributed by atoms with Crippen molar-refractivity contribution in [1.82, 2.24) is 19.9 Å². The highest BCUT2D eigenvalue weighted by Gasteiger charge is 2.11. The van der Waals surface area contributed by atoms with Crippen LogP contribution in [0, 0.1) is 0 Å². The highest BCUT2D eigenvalue weighted by Crippen LogP contribution is 2.20. The smallest absolute Gasteiger partial charge is 0.259 e. The molecule has 0 aliphatic carbocycles. The lowest BCUT2D eigenvalue weighted by Crippen LogP contribution is -1.95. The number of benzene rings is 1. The quantitative estimate of drug-likeness (QED) is 0.315. The fraction of sp³-hybridized carbons (Fsp3) is 0.0667. The minimum Gasteiger partial charge on any atom is -0.259 e. The summed E-state index contributed by atoms with van der Waals surface area (Å²) in [6.45, 7) is 0. The molecule has 0 saturated heterocycles. The SMILES string of the molecule is ClCl.Clc1cncc(SCc2ccccc2)n1.O=S(=O)(Cl)c1cncc(Cl)n1. The average molecular weight is 521 g/mol. The van der Waals surface area contributed by atoms with Crippen LogP contribution >= 0.6 is 67.4 Å². The van der Waals surface area contributed by atoms with Gasteiger partial charge in [-0.05, 0) is 5.56 Å². The van der Waals surface area contributed by atoms with Crippen LogP contribution < -0.4 is 0 Å². The van der Waals surface area contributed by atoms with Crippen LogP contribution in [0.25, 0.3) is 0 Å². The van der Waals surface area contributed by atoms with Crippen molar-refractivity contribution in [3.8, 4) is 0 Å². The van der Waals surface area contributed by atoms with Gasteiger partial charge in [0, 0.05) is 38.1 Å². The van der Waals surface area contributed by atoms with Crippen molar-refractivity contribution in [2.75, 3.05) is 0 Å². The highest BCUT2D eigenvalue weighted by atomic mass is 36.5. The molecule has 0 radical (unpaired) electrons. The molecule has 3 rings (SSSR count). The second-order valence-electron chi connectivity index (χ2n) is 4.57. The second kappa shape index (κ2) is 13.4. The van der Waals surface area contributed by atoms with E-state index in [1.54, 1.807) is 18.0 Å². The number of hydrogen-bond donors (Lipinski definition) is 0. The zero-order valence-corrected chi connectivity index (χ0v) is 19.1. The van der Waals surface area contributed by atoms with Gasteiger partial charge in [-0.25, -0.2) is 18.4 Å². The van der Waals surface area contributed by atoms with Crippen LogP contribution in [0.5, 0.6) is 0 Å². The van der Waals surface area contributed by atoms with E-state index in [4.69, 9.17) is 33.9 Å². The van der Waals surface area contributed by atoms with Crippen molar-refractivity contribution >= 4 is 76.4 Å². The molecular formula is C15H11Cl5N4O2S2. The van der Waals surface area contributed by atoms with Crippen LogP contribution in [0.15, 0.2) is 65.2 Å². The Labute approximate surface area is 190 Å². The Morgan fingerprint density at radius 3 is 1.93 bits per heavy atom. The van der Waals surface area contributed by atoms with E-state index in [2.05, 4.69) is 53.8 Å². The monoisotopic (exact) mass is 518 g/mol. The van der Waals surface area contributed by atoms with Crippen LogP contribution in [-0.2, 0) is 14.8 Å². The number of hydrogen-bond acceptors (Lipinski definition) is 7. The van der Waals surface area contributed by atoms with Crippen molar-refractivity contribution in [2.45, 2.75) is 15.8 Å². The lowest BCUT2D eigenvalue weighted by Gasteiger charge is -2.00. The number of thioether (sulfide) groups is 1. The Morgan fingerprint density at radius 1 is 0.857 bits per heavy atom. The molecule has 2 heterocycles. The Bertz CT molecular complexity index is 965. The number of halogens is 5. The van der Waals surface area contributed by atoms with Crippen molar-refractivity contribution in [1.29, 1.82) is 0 Å². The van der Waals surface area contributed by atoms with Crippen molar-refractivity contribution in [3.05, 3.63) is 71.0 Å². The third kappa shape index (κ3) is 10.1. The lowest BCUT2D eigenvalue weighted by molar-refractivity contribution is 0.605. The Hall–Kier alpha value is -0.870. The van der Waals surface area contributed by atoms with Crippen LogP contribution in [0.1, 0.15) is 5.56 Å². The molecule has 150 valence electrons. The third-order valence-corrected chi connectivity index (χ3v) is 5.15. The molecule has 13 heteroatoms. The number of aromatic nitrogens is 4. The summed E-state index contributed by atoms with van der Waals surface area (Å²) >= 11 is 12.7. The van der Waals surface area contributed by atoms with E-state index < -0.39 is 9.05 Å². The van der Waals surface area contributed by atoms with Crippen molar-refractivity contribution < 1.29 is 8.42 Å². The van der Waals surface area contributed by atoms with E-state index in [0.29, 0.717) is 5.15 Å². The fourth-order valence-corrected chi connectivity index (χ4v) is 3.39. The van der Waals surface area contributed by atoms with Crippen LogP contribution in [0.4, 0.5) is 0 Å². The maximum atomic E-state index is 10.6. The molecule has 0 fully saturated rings. The summed E-state index contributed by atoms with van der Waals surface area (Å²) in [5.74, 6) is 0.885. The molecular weight excluding hydrogens is 510 g/mol. The molecule has 6 nitrogen and oxygen atoms in total. The summed E-state index contributed by atoms with van der Waals surface area (Å²) in [6, 6.07) is 10.2. The summed E-state index contributed by atoms with van der Waals surface area (Å²) in [6.07, 6.45) is 5.49. The molecule has 0 unspecified atom stereocenters. The molecule has 28 heavy (non-hydrogen) atoms. The molecule has 0 saturated carbocycles. The minimum absolute atomic E-state index is 0.00766. The van der Waals surface area contributed by atoms with Gasteiger partial charge in [0.15, 0.2) is 5.03 Å². The molecule has 2 aromatic heterocycles. The number of rotatable bonds is 4. The first-order valence-electron chi connectivity index (χ1n) is 7.05. The summed E-state index contributed by atoms with van der Waals surface area (Å²) in [7, 11) is 9.35. The first-order valence-corrected chi connectivity index (χ1v) is 12.2. The molecule has 0 spiro atoms. The first-order chi connectivity index (χ1) is 13.3. The maximum Gasteiger partial charge on any atom is 0.280 e. The molecule has 0 aliphatic heterocycles. The van der Waals surface area contributed by atoms with E-state index >= 15 is 0 Å². The molecule has 0 atom stereocenters. The van der Waals surface area contributed by atoms with Gasteiger partial charge in [0.1, 0.15) is 15.3 Å². The summed E-state index contributed by atoms with van der Waals surface area (Å²) in [5, 5.41) is 0.942. The van der Waals surface area contributed by atoms with Gasteiger partial charge in [-0.2, -0.15) is 0 Å². The predicted octanol–water partition coefficient (Wildman–Crippen LogP) is 5.86. The second-order valence-corrected chi connectivity index (χ2v) is 8.86. The maximum absolute atomic E-state index is 10.6. The molecule has 0 aliphatic rings. The largest absolute Gasteiger partial charge is 0.280 e. The lowest BCUT2D eigenvalue weighted by atomic mass is 10.2. The predicted molar refractivity (Wildman–Crippen MR) is 115 cm³/mol. The molecule has 1 aromatic carbocycles. The van der Waals surface area contributed by atoms with Gasteiger partial charge in [-0.1, -0.05) is 53.5 Å². The van der Waals surface area contributed by atoms with Gasteiger partial charge < -0.3 is 0 Å². The van der Waals surface area contributed by atoms with Gasteiger partial charge in [-0.3, -0.25) is 9.97 Å². The minimum atomic E-state index is -3.81. The topological polar surface area (TPSA) is 85.7 Å². The van der Waals surface area contributed by atoms with E-state index in [9.17, 15) is 8.42 Å². The van der Waals surface area contributed by atoms with Crippen LogP contribution in [-0.4, -0.2) is 28.4 Å². The summed E-state index contributed by atoms with van der Waals surface area (Å²) in [5.41, 5.74) is 1.27. The first kappa shape index (κ1) is 25.2. The van der Waals surface area contributed by atoms with Crippen molar-refractivity contribution in [2.24, 2.45) is 0 Å². The van der Waals surface area contributed by atoms with E-state index in [1.807, 2.05) is 18.2 Å². The van der Waals surface area contributed by atoms with E-state index in [0.717, 1.165) is 17.0 Å². The van der Waals surface area contributed by atoms with Crippen LogP contribution in [0.3, 0.4) is 0 Å². The zero-order chi connectivity index (χ0) is 21.0. The molecule has 0 bridgehead atoms. The normalized spacial score (nSPS) is 10.2. The number of nitrogens with zero attached hydrogens (tertiary/aromatic N) is 4. The standard InChI is InChI=1S/C11H9ClN2S.C4H2Cl2N2O2S.Cl2/c12-10-6-13-7-11(14-10)15-8-9-4-2-1-3-5-9;5-3-1-7-2-4(8-3)11(6,9)10;1-2/h1-7H,8H2;1-2H;. The Kier molecular flexibility index (Phi) is 12.0. The molecule has 0 N–H and O–H groups in total. The third-order valence-electron chi connectivity index (χ3n) is 2.65. The summed E-state index contributed by atoms with van der Waals surface area (Å²) in [4.78, 5) is 15.1. The van der Waals surface area contributed by atoms with Gasteiger partial charge in [0.25, 0.3) is 9.05 Å². The fourth-order valence-electron chi connectivity index (χ4n) is 1.57.